The summed E-state index contributed by atoms with van der Waals surface area (Å²) in [5.41, 5.74) is 3.03. The standard InChI is InChI=1S/C23H31NO2/c1-16-7-6-11-23(2)14-21-18(13-20(16)23)19(22(25)26-21)15-24-12-10-17-8-4-3-5-9-17/h3-5,8-9,18-21,24H,1,6-7,10-15H2,2H3/t18-,19+,20+,21+,23+/m0/s1. The molecule has 3 heteroatoms. The average Bonchev–Trinajstić information content (AvgIpc) is 2.92. The molecule has 0 bridgehead atoms. The summed E-state index contributed by atoms with van der Waals surface area (Å²) in [6.45, 7) is 8.40. The Labute approximate surface area is 157 Å². The highest BCUT2D eigenvalue weighted by Gasteiger charge is 2.54. The maximum Gasteiger partial charge on any atom is 0.310 e. The normalized spacial score (nSPS) is 36.3. The Bertz CT molecular complexity index is 670. The lowest BCUT2D eigenvalue weighted by atomic mass is 9.55. The van der Waals surface area contributed by atoms with E-state index in [0.717, 1.165) is 38.8 Å². The van der Waals surface area contributed by atoms with Crippen LogP contribution in [0.5, 0.6) is 0 Å². The number of hydrogen-bond donors (Lipinski definition) is 1. The summed E-state index contributed by atoms with van der Waals surface area (Å²) in [7, 11) is 0. The van der Waals surface area contributed by atoms with E-state index in [1.54, 1.807) is 0 Å². The van der Waals surface area contributed by atoms with Crippen molar-refractivity contribution in [3.05, 3.63) is 48.0 Å². The van der Waals surface area contributed by atoms with E-state index < -0.39 is 0 Å². The van der Waals surface area contributed by atoms with Gasteiger partial charge >= 0.3 is 5.97 Å². The number of benzene rings is 1. The molecule has 1 saturated heterocycles. The molecule has 0 unspecified atom stereocenters. The summed E-state index contributed by atoms with van der Waals surface area (Å²) < 4.78 is 5.83. The van der Waals surface area contributed by atoms with Crippen LogP contribution in [0, 0.1) is 23.2 Å². The quantitative estimate of drug-likeness (QED) is 0.491. The fourth-order valence-corrected chi connectivity index (χ4v) is 5.62. The molecule has 3 fully saturated rings. The number of rotatable bonds is 5. The Kier molecular flexibility index (Phi) is 4.92. The molecule has 1 aromatic rings. The van der Waals surface area contributed by atoms with Gasteiger partial charge in [-0.3, -0.25) is 4.79 Å². The van der Waals surface area contributed by atoms with Gasteiger partial charge in [-0.2, -0.15) is 0 Å². The van der Waals surface area contributed by atoms with Crippen LogP contribution in [0.4, 0.5) is 0 Å². The molecule has 0 spiro atoms. The molecule has 1 heterocycles. The third-order valence-corrected chi connectivity index (χ3v) is 7.12. The second kappa shape index (κ2) is 7.19. The Hall–Kier alpha value is -1.61. The number of allylic oxidation sites excluding steroid dienone is 1. The van der Waals surface area contributed by atoms with Crippen molar-refractivity contribution < 1.29 is 9.53 Å². The van der Waals surface area contributed by atoms with Crippen molar-refractivity contribution >= 4 is 5.97 Å². The van der Waals surface area contributed by atoms with E-state index in [9.17, 15) is 4.79 Å². The Morgan fingerprint density at radius 1 is 1.31 bits per heavy atom. The number of carbonyl (C=O) groups excluding carboxylic acids is 1. The molecule has 140 valence electrons. The van der Waals surface area contributed by atoms with E-state index in [0.29, 0.717) is 11.8 Å². The van der Waals surface area contributed by atoms with Gasteiger partial charge in [0.1, 0.15) is 6.10 Å². The van der Waals surface area contributed by atoms with Crippen molar-refractivity contribution in [3.8, 4) is 0 Å². The van der Waals surface area contributed by atoms with Crippen LogP contribution in [0.1, 0.15) is 44.6 Å². The minimum Gasteiger partial charge on any atom is -0.462 e. The number of nitrogens with one attached hydrogen (secondary N) is 1. The molecule has 0 radical (unpaired) electrons. The summed E-state index contributed by atoms with van der Waals surface area (Å²) in [4.78, 5) is 12.5. The van der Waals surface area contributed by atoms with Crippen molar-refractivity contribution in [1.82, 2.24) is 5.32 Å². The molecular weight excluding hydrogens is 322 g/mol. The molecular formula is C23H31NO2. The molecule has 1 aromatic carbocycles. The van der Waals surface area contributed by atoms with E-state index in [1.165, 1.54) is 24.0 Å². The van der Waals surface area contributed by atoms with E-state index in [2.05, 4.69) is 43.1 Å². The highest BCUT2D eigenvalue weighted by Crippen LogP contribution is 2.56. The van der Waals surface area contributed by atoms with E-state index in [-0.39, 0.29) is 23.4 Å². The zero-order chi connectivity index (χ0) is 18.1. The van der Waals surface area contributed by atoms with Crippen molar-refractivity contribution in [1.29, 1.82) is 0 Å². The SMILES string of the molecule is C=C1CCC[C@]2(C)C[C@H]3OC(=O)[C@H](CNCCc4ccccc4)[C@@H]3C[C@H]12. The number of carbonyl (C=O) groups is 1. The molecule has 3 nitrogen and oxygen atoms in total. The minimum atomic E-state index is 0.00931. The van der Waals surface area contributed by atoms with Crippen LogP contribution in [-0.4, -0.2) is 25.2 Å². The Morgan fingerprint density at radius 2 is 2.12 bits per heavy atom. The first-order valence-electron chi connectivity index (χ1n) is 10.2. The molecule has 0 aromatic heterocycles. The molecule has 5 atom stereocenters. The Morgan fingerprint density at radius 3 is 2.92 bits per heavy atom. The minimum absolute atomic E-state index is 0.00931. The van der Waals surface area contributed by atoms with Crippen molar-refractivity contribution in [3.63, 3.8) is 0 Å². The first-order chi connectivity index (χ1) is 12.6. The predicted molar refractivity (Wildman–Crippen MR) is 104 cm³/mol. The molecule has 1 aliphatic heterocycles. The van der Waals surface area contributed by atoms with Crippen LogP contribution < -0.4 is 5.32 Å². The van der Waals surface area contributed by atoms with Crippen LogP contribution in [0.25, 0.3) is 0 Å². The van der Waals surface area contributed by atoms with Crippen molar-refractivity contribution in [2.75, 3.05) is 13.1 Å². The summed E-state index contributed by atoms with van der Waals surface area (Å²) in [5, 5.41) is 3.51. The number of esters is 1. The maximum atomic E-state index is 12.5. The third-order valence-electron chi connectivity index (χ3n) is 7.12. The second-order valence-corrected chi connectivity index (χ2v) is 8.84. The molecule has 26 heavy (non-hydrogen) atoms. The van der Waals surface area contributed by atoms with Gasteiger partial charge in [-0.05, 0) is 62.0 Å². The molecule has 2 saturated carbocycles. The topological polar surface area (TPSA) is 38.3 Å². The monoisotopic (exact) mass is 353 g/mol. The smallest absolute Gasteiger partial charge is 0.310 e. The summed E-state index contributed by atoms with van der Waals surface area (Å²) >= 11 is 0. The molecule has 0 amide bonds. The predicted octanol–water partition coefficient (Wildman–Crippen LogP) is 4.13. The third kappa shape index (κ3) is 3.34. The highest BCUT2D eigenvalue weighted by atomic mass is 16.6. The first-order valence-corrected chi connectivity index (χ1v) is 10.2. The second-order valence-electron chi connectivity index (χ2n) is 8.84. The van der Waals surface area contributed by atoms with Gasteiger partial charge < -0.3 is 10.1 Å². The summed E-state index contributed by atoms with van der Waals surface area (Å²) in [5.74, 6) is 0.952. The molecule has 4 rings (SSSR count). The van der Waals surface area contributed by atoms with E-state index >= 15 is 0 Å². The summed E-state index contributed by atoms with van der Waals surface area (Å²) in [6.07, 6.45) is 6.86. The Balaban J connectivity index is 1.36. The fraction of sp³-hybridized carbons (Fsp3) is 0.609. The highest BCUT2D eigenvalue weighted by molar-refractivity contribution is 5.75. The lowest BCUT2D eigenvalue weighted by Gasteiger charge is -2.50. The van der Waals surface area contributed by atoms with Gasteiger partial charge in [-0.25, -0.2) is 0 Å². The van der Waals surface area contributed by atoms with Crippen molar-refractivity contribution in [2.45, 2.75) is 51.6 Å². The van der Waals surface area contributed by atoms with Gasteiger partial charge in [0, 0.05) is 12.5 Å². The van der Waals surface area contributed by atoms with Gasteiger partial charge in [0.05, 0.1) is 5.92 Å². The van der Waals surface area contributed by atoms with Crippen LogP contribution in [0.15, 0.2) is 42.5 Å². The van der Waals surface area contributed by atoms with Crippen LogP contribution in [0.2, 0.25) is 0 Å². The first kappa shape index (κ1) is 17.8. The van der Waals surface area contributed by atoms with Gasteiger partial charge in [0.25, 0.3) is 0 Å². The number of hydrogen-bond acceptors (Lipinski definition) is 3. The van der Waals surface area contributed by atoms with Crippen molar-refractivity contribution in [2.24, 2.45) is 23.2 Å². The van der Waals surface area contributed by atoms with Crippen LogP contribution in [-0.2, 0) is 16.0 Å². The van der Waals surface area contributed by atoms with Gasteiger partial charge in [-0.15, -0.1) is 0 Å². The fourth-order valence-electron chi connectivity index (χ4n) is 5.62. The van der Waals surface area contributed by atoms with Crippen LogP contribution in [0.3, 0.4) is 0 Å². The number of ether oxygens (including phenoxy) is 1. The zero-order valence-electron chi connectivity index (χ0n) is 15.9. The van der Waals surface area contributed by atoms with Gasteiger partial charge in [0.15, 0.2) is 0 Å². The molecule has 1 N–H and O–H groups in total. The van der Waals surface area contributed by atoms with E-state index in [4.69, 9.17) is 4.74 Å². The maximum absolute atomic E-state index is 12.5. The van der Waals surface area contributed by atoms with E-state index in [1.807, 2.05) is 6.07 Å². The van der Waals surface area contributed by atoms with Gasteiger partial charge in [0.2, 0.25) is 0 Å². The summed E-state index contributed by atoms with van der Waals surface area (Å²) in [6, 6.07) is 10.5. The number of fused-ring (bicyclic) bond motifs is 2. The lowest BCUT2D eigenvalue weighted by Crippen LogP contribution is -2.45. The largest absolute Gasteiger partial charge is 0.462 e. The van der Waals surface area contributed by atoms with Crippen LogP contribution >= 0.6 is 0 Å². The molecule has 2 aliphatic carbocycles. The average molecular weight is 354 g/mol. The lowest BCUT2D eigenvalue weighted by molar-refractivity contribution is -0.146. The van der Waals surface area contributed by atoms with Gasteiger partial charge in [-0.1, -0.05) is 49.4 Å². The zero-order valence-corrected chi connectivity index (χ0v) is 15.9. The molecule has 3 aliphatic rings.